The number of ether oxygens (including phenoxy) is 1. The summed E-state index contributed by atoms with van der Waals surface area (Å²) in [6, 6.07) is 16.2. The highest BCUT2D eigenvalue weighted by Crippen LogP contribution is 2.31. The van der Waals surface area contributed by atoms with Crippen LogP contribution in [0.15, 0.2) is 60.9 Å². The number of halogens is 1. The number of carbonyl (C=O) groups is 2. The van der Waals surface area contributed by atoms with E-state index in [-0.39, 0.29) is 44.2 Å². The largest absolute Gasteiger partial charge is 0.506 e. The number of aromatic hydroxyl groups is 1. The average Bonchev–Trinajstić information content (AvgIpc) is 2.94. The number of carboxylic acids is 2. The molecule has 2 aromatic heterocycles. The lowest BCUT2D eigenvalue weighted by atomic mass is 9.91. The van der Waals surface area contributed by atoms with Crippen molar-refractivity contribution in [2.75, 3.05) is 27.2 Å². The monoisotopic (exact) mass is 593 g/mol. The van der Waals surface area contributed by atoms with E-state index in [1.807, 2.05) is 56.7 Å². The van der Waals surface area contributed by atoms with Crippen LogP contribution in [0.5, 0.6) is 5.75 Å². The number of aromatic nitrogens is 2. The Morgan fingerprint density at radius 3 is 1.98 bits per heavy atom. The van der Waals surface area contributed by atoms with Crippen molar-refractivity contribution < 1.29 is 39.9 Å². The maximum absolute atomic E-state index is 9.64. The molecule has 41 heavy (non-hydrogen) atoms. The molecule has 2 heterocycles. The zero-order valence-corrected chi connectivity index (χ0v) is 24.5. The van der Waals surface area contributed by atoms with E-state index in [1.165, 1.54) is 6.20 Å². The summed E-state index contributed by atoms with van der Waals surface area (Å²) in [5.74, 6) is -2.19. The van der Waals surface area contributed by atoms with Gasteiger partial charge >= 0.3 is 11.9 Å². The number of pyridine rings is 2. The lowest BCUT2D eigenvalue weighted by Gasteiger charge is -2.30. The minimum Gasteiger partial charge on any atom is -0.506 e. The molecular formula is C29H40ClN3O8. The normalized spacial score (nSPS) is 11.6. The Morgan fingerprint density at radius 2 is 1.51 bits per heavy atom. The molecule has 5 N–H and O–H groups in total. The summed E-state index contributed by atoms with van der Waals surface area (Å²) < 4.78 is 6.21. The van der Waals surface area contributed by atoms with Crippen molar-refractivity contribution in [1.82, 2.24) is 14.9 Å². The molecule has 3 rings (SSSR count). The summed E-state index contributed by atoms with van der Waals surface area (Å²) in [5, 5.41) is 42.8. The number of aliphatic carboxylic acids is 2. The van der Waals surface area contributed by atoms with Gasteiger partial charge in [0.15, 0.2) is 0 Å². The quantitative estimate of drug-likeness (QED) is 0.220. The highest BCUT2D eigenvalue weighted by Gasteiger charge is 2.31. The van der Waals surface area contributed by atoms with Gasteiger partial charge in [0.1, 0.15) is 11.4 Å². The van der Waals surface area contributed by atoms with Gasteiger partial charge in [-0.3, -0.25) is 19.6 Å². The van der Waals surface area contributed by atoms with Crippen LogP contribution in [-0.4, -0.2) is 79.6 Å². The molecule has 1 unspecified atom stereocenters. The topological polar surface area (TPSA) is 174 Å². The third kappa shape index (κ3) is 13.1. The van der Waals surface area contributed by atoms with Gasteiger partial charge in [-0.1, -0.05) is 36.4 Å². The zero-order valence-electron chi connectivity index (χ0n) is 23.7. The van der Waals surface area contributed by atoms with Gasteiger partial charge in [-0.15, -0.1) is 12.4 Å². The van der Waals surface area contributed by atoms with Gasteiger partial charge in [-0.25, -0.2) is 0 Å². The van der Waals surface area contributed by atoms with Gasteiger partial charge in [0.2, 0.25) is 0 Å². The van der Waals surface area contributed by atoms with E-state index < -0.39 is 17.5 Å². The van der Waals surface area contributed by atoms with Crippen LogP contribution in [0.25, 0.3) is 0 Å². The van der Waals surface area contributed by atoms with Crippen LogP contribution in [0.3, 0.4) is 0 Å². The molecule has 226 valence electrons. The molecular weight excluding hydrogens is 554 g/mol. The molecule has 0 aliphatic carbocycles. The number of likely N-dealkylation sites (N-methyl/N-ethyl adjacent to an activating group) is 1. The van der Waals surface area contributed by atoms with E-state index in [2.05, 4.69) is 33.9 Å². The average molecular weight is 594 g/mol. The summed E-state index contributed by atoms with van der Waals surface area (Å²) in [5.41, 5.74) is 2.81. The maximum atomic E-state index is 9.64. The molecule has 0 fully saturated rings. The van der Waals surface area contributed by atoms with Crippen LogP contribution in [-0.2, 0) is 33.1 Å². The molecule has 12 heteroatoms. The number of hydrogen-bond donors (Lipinski definition) is 5. The van der Waals surface area contributed by atoms with Crippen LogP contribution in [0.1, 0.15) is 47.8 Å². The first-order chi connectivity index (χ1) is 19.0. The Hall–Kier alpha value is -3.61. The molecule has 0 aliphatic rings. The van der Waals surface area contributed by atoms with Crippen molar-refractivity contribution in [2.24, 2.45) is 0 Å². The van der Waals surface area contributed by atoms with Gasteiger partial charge in [0, 0.05) is 30.1 Å². The van der Waals surface area contributed by atoms with E-state index >= 15 is 0 Å². The molecule has 0 saturated heterocycles. The lowest BCUT2D eigenvalue weighted by Crippen LogP contribution is -2.32. The fraction of sp³-hybridized carbons (Fsp3) is 0.379. The van der Waals surface area contributed by atoms with E-state index in [0.717, 1.165) is 17.8 Å². The SMILES string of the molecule is CN(C)CCOC(C)(c1ccccc1)c1ccccn1.Cc1ncc(CO)c(CO)c1O.Cl.O=C(O)CCC(=O)O. The number of benzene rings is 1. The number of carboxylic acid groups (broad SMARTS) is 2. The van der Waals surface area contributed by atoms with Gasteiger partial charge in [-0.2, -0.15) is 0 Å². The Bertz CT molecular complexity index is 1130. The van der Waals surface area contributed by atoms with Crippen LogP contribution in [0.4, 0.5) is 0 Å². The van der Waals surface area contributed by atoms with Crippen LogP contribution < -0.4 is 0 Å². The van der Waals surface area contributed by atoms with Gasteiger partial charge in [-0.05, 0) is 45.6 Å². The molecule has 1 atom stereocenters. The fourth-order valence-corrected chi connectivity index (χ4v) is 3.35. The summed E-state index contributed by atoms with van der Waals surface area (Å²) in [7, 11) is 4.09. The Labute approximate surface area is 246 Å². The second kappa shape index (κ2) is 19.5. The summed E-state index contributed by atoms with van der Waals surface area (Å²) in [6.45, 7) is 4.75. The van der Waals surface area contributed by atoms with Crippen LogP contribution in [0, 0.1) is 6.92 Å². The second-order valence-corrected chi connectivity index (χ2v) is 9.07. The van der Waals surface area contributed by atoms with Gasteiger partial charge in [0.05, 0.1) is 44.1 Å². The molecule has 3 aromatic rings. The molecule has 0 saturated carbocycles. The van der Waals surface area contributed by atoms with E-state index in [0.29, 0.717) is 23.4 Å². The Balaban J connectivity index is 0.000000650. The van der Waals surface area contributed by atoms with Crippen LogP contribution in [0.2, 0.25) is 0 Å². The molecule has 1 aromatic carbocycles. The first kappa shape index (κ1) is 37.4. The van der Waals surface area contributed by atoms with Crippen molar-refractivity contribution in [3.05, 3.63) is 89.0 Å². The highest BCUT2D eigenvalue weighted by atomic mass is 35.5. The predicted octanol–water partition coefficient (Wildman–Crippen LogP) is 3.36. The lowest BCUT2D eigenvalue weighted by molar-refractivity contribution is -0.143. The van der Waals surface area contributed by atoms with Crippen molar-refractivity contribution in [3.8, 4) is 5.75 Å². The number of rotatable bonds is 11. The summed E-state index contributed by atoms with van der Waals surface area (Å²) in [6.07, 6.45) is 2.66. The van der Waals surface area contributed by atoms with Crippen molar-refractivity contribution >= 4 is 24.3 Å². The number of aliphatic hydroxyl groups excluding tert-OH is 2. The first-order valence-corrected chi connectivity index (χ1v) is 12.5. The van der Waals surface area contributed by atoms with Gasteiger partial charge in [0.25, 0.3) is 0 Å². The fourth-order valence-electron chi connectivity index (χ4n) is 3.35. The Kier molecular flexibility index (Phi) is 17.8. The third-order valence-electron chi connectivity index (χ3n) is 5.72. The van der Waals surface area contributed by atoms with E-state index in [4.69, 9.17) is 25.2 Å². The maximum Gasteiger partial charge on any atom is 0.303 e. The first-order valence-electron chi connectivity index (χ1n) is 12.5. The minimum absolute atomic E-state index is 0. The molecule has 0 bridgehead atoms. The second-order valence-electron chi connectivity index (χ2n) is 9.07. The molecule has 0 spiro atoms. The highest BCUT2D eigenvalue weighted by molar-refractivity contribution is 5.85. The number of aryl methyl sites for hydroxylation is 1. The van der Waals surface area contributed by atoms with Crippen molar-refractivity contribution in [2.45, 2.75) is 45.5 Å². The Morgan fingerprint density at radius 1 is 0.927 bits per heavy atom. The standard InChI is InChI=1S/C17H22N2O.C8H11NO3.C4H6O4.ClH/c1-17(20-14-13-19(2)3,15-9-5-4-6-10-15)16-11-7-8-12-18-16;1-5-8(12)7(4-11)6(3-10)2-9-5;5-3(6)1-2-4(7)8;/h4-12H,13-14H2,1-3H3;2,10-12H,3-4H2,1H3;1-2H2,(H,5,6)(H,7,8);1H. The number of nitrogens with zero attached hydrogens (tertiary/aromatic N) is 3. The number of aliphatic hydroxyl groups is 2. The van der Waals surface area contributed by atoms with E-state index in [1.54, 1.807) is 6.92 Å². The smallest absolute Gasteiger partial charge is 0.303 e. The molecule has 0 amide bonds. The van der Waals surface area contributed by atoms with Crippen molar-refractivity contribution in [3.63, 3.8) is 0 Å². The minimum atomic E-state index is -1.08. The van der Waals surface area contributed by atoms with Crippen LogP contribution >= 0.6 is 12.4 Å². The van der Waals surface area contributed by atoms with Gasteiger partial charge < -0.3 is 35.2 Å². The zero-order chi connectivity index (χ0) is 30.1. The third-order valence-corrected chi connectivity index (χ3v) is 5.72. The molecule has 0 radical (unpaired) electrons. The number of hydrogen-bond acceptors (Lipinski definition) is 9. The summed E-state index contributed by atoms with van der Waals surface area (Å²) >= 11 is 0. The summed E-state index contributed by atoms with van der Waals surface area (Å²) in [4.78, 5) is 29.7. The van der Waals surface area contributed by atoms with Crippen molar-refractivity contribution in [1.29, 1.82) is 0 Å². The molecule has 11 nitrogen and oxygen atoms in total. The molecule has 0 aliphatic heterocycles. The van der Waals surface area contributed by atoms with E-state index in [9.17, 15) is 14.7 Å². The predicted molar refractivity (Wildman–Crippen MR) is 156 cm³/mol.